The van der Waals surface area contributed by atoms with Crippen LogP contribution in [0.15, 0.2) is 53.1 Å². The molecule has 23 heavy (non-hydrogen) atoms. The molecule has 0 aliphatic heterocycles. The number of furan rings is 1. The van der Waals surface area contributed by atoms with E-state index in [-0.39, 0.29) is 0 Å². The van der Waals surface area contributed by atoms with Crippen molar-refractivity contribution in [3.8, 4) is 11.3 Å². The maximum absolute atomic E-state index is 6.32. The first-order valence-electron chi connectivity index (χ1n) is 7.94. The number of pyridine rings is 1. The Balaban J connectivity index is 2.20. The molecule has 2 heterocycles. The average Bonchev–Trinajstić information content (AvgIpc) is 2.87. The van der Waals surface area contributed by atoms with Crippen LogP contribution < -0.4 is 4.57 Å². The molecule has 2 nitrogen and oxygen atoms in total. The van der Waals surface area contributed by atoms with Gasteiger partial charge in [0.05, 0.1) is 5.56 Å². The van der Waals surface area contributed by atoms with E-state index < -0.39 is 0 Å². The number of hydrogen-bond acceptors (Lipinski definition) is 1. The van der Waals surface area contributed by atoms with Crippen LogP contribution in [0, 0.1) is 20.8 Å². The number of nitrogens with zero attached hydrogens (tertiary/aromatic N) is 1. The van der Waals surface area contributed by atoms with Crippen molar-refractivity contribution in [3.05, 3.63) is 65.4 Å². The monoisotopic (exact) mass is 302 g/mol. The molecule has 114 valence electrons. The molecular weight excluding hydrogens is 282 g/mol. The number of rotatable bonds is 1. The third kappa shape index (κ3) is 2.06. The second-order valence-electron chi connectivity index (χ2n) is 6.39. The first-order valence-corrected chi connectivity index (χ1v) is 7.94. The minimum atomic E-state index is 0.966. The average molecular weight is 302 g/mol. The summed E-state index contributed by atoms with van der Waals surface area (Å²) in [5, 5.41) is 2.42. The fourth-order valence-electron chi connectivity index (χ4n) is 3.52. The molecule has 0 saturated heterocycles. The minimum Gasteiger partial charge on any atom is -0.455 e. The Morgan fingerprint density at radius 1 is 0.913 bits per heavy atom. The van der Waals surface area contributed by atoms with Crippen molar-refractivity contribution in [3.63, 3.8) is 0 Å². The van der Waals surface area contributed by atoms with Crippen molar-refractivity contribution in [2.24, 2.45) is 7.05 Å². The van der Waals surface area contributed by atoms with Gasteiger partial charge in [0.25, 0.3) is 0 Å². The molecule has 0 atom stereocenters. The van der Waals surface area contributed by atoms with Crippen molar-refractivity contribution >= 4 is 21.9 Å². The predicted octanol–water partition coefficient (Wildman–Crippen LogP) is 5.00. The highest BCUT2D eigenvalue weighted by atomic mass is 16.3. The van der Waals surface area contributed by atoms with E-state index in [0.717, 1.165) is 11.2 Å². The van der Waals surface area contributed by atoms with Crippen LogP contribution in [-0.2, 0) is 7.05 Å². The first kappa shape index (κ1) is 14.0. The SMILES string of the molecule is Cc1ccc2c(c1)oc1c(-c3cccc[n+]3C)c(C)cc(C)c12. The Hall–Kier alpha value is -2.61. The lowest BCUT2D eigenvalue weighted by Gasteiger charge is -2.07. The van der Waals surface area contributed by atoms with Gasteiger partial charge in [-0.25, -0.2) is 4.57 Å². The van der Waals surface area contributed by atoms with Gasteiger partial charge in [-0.05, 0) is 49.6 Å². The third-order valence-electron chi connectivity index (χ3n) is 4.61. The molecule has 0 radical (unpaired) electrons. The Morgan fingerprint density at radius 2 is 1.74 bits per heavy atom. The minimum absolute atomic E-state index is 0.966. The zero-order chi connectivity index (χ0) is 16.1. The summed E-state index contributed by atoms with van der Waals surface area (Å²) in [6.45, 7) is 6.43. The number of aryl methyl sites for hydroxylation is 4. The number of hydrogen-bond donors (Lipinski definition) is 0. The number of benzene rings is 2. The van der Waals surface area contributed by atoms with Gasteiger partial charge in [-0.15, -0.1) is 0 Å². The van der Waals surface area contributed by atoms with Gasteiger partial charge in [-0.1, -0.05) is 18.2 Å². The second kappa shape index (κ2) is 4.95. The molecule has 0 amide bonds. The van der Waals surface area contributed by atoms with Gasteiger partial charge >= 0.3 is 0 Å². The van der Waals surface area contributed by atoms with Crippen LogP contribution in [0.5, 0.6) is 0 Å². The first-order chi connectivity index (χ1) is 11.1. The highest BCUT2D eigenvalue weighted by Gasteiger charge is 2.21. The fraction of sp³-hybridized carbons (Fsp3) is 0.190. The van der Waals surface area contributed by atoms with E-state index in [0.29, 0.717) is 0 Å². The maximum atomic E-state index is 6.32. The maximum Gasteiger partial charge on any atom is 0.216 e. The van der Waals surface area contributed by atoms with Crippen LogP contribution in [0.2, 0.25) is 0 Å². The smallest absolute Gasteiger partial charge is 0.216 e. The predicted molar refractivity (Wildman–Crippen MR) is 94.5 cm³/mol. The quantitative estimate of drug-likeness (QED) is 0.452. The lowest BCUT2D eigenvalue weighted by Crippen LogP contribution is -2.30. The Labute approximate surface area is 136 Å². The van der Waals surface area contributed by atoms with E-state index in [9.17, 15) is 0 Å². The molecule has 0 aliphatic rings. The molecule has 0 bridgehead atoms. The Kier molecular flexibility index (Phi) is 3.02. The van der Waals surface area contributed by atoms with Gasteiger partial charge in [-0.3, -0.25) is 0 Å². The van der Waals surface area contributed by atoms with Crippen LogP contribution in [0.25, 0.3) is 33.2 Å². The van der Waals surface area contributed by atoms with Crippen LogP contribution >= 0.6 is 0 Å². The van der Waals surface area contributed by atoms with E-state index in [1.807, 2.05) is 6.07 Å². The summed E-state index contributed by atoms with van der Waals surface area (Å²) in [4.78, 5) is 0. The lowest BCUT2D eigenvalue weighted by atomic mass is 9.97. The third-order valence-corrected chi connectivity index (χ3v) is 4.61. The van der Waals surface area contributed by atoms with Gasteiger partial charge in [0, 0.05) is 22.9 Å². The zero-order valence-corrected chi connectivity index (χ0v) is 14.0. The van der Waals surface area contributed by atoms with Crippen LogP contribution in [0.4, 0.5) is 0 Å². The molecule has 0 spiro atoms. The van der Waals surface area contributed by atoms with Crippen molar-refractivity contribution in [2.75, 3.05) is 0 Å². The van der Waals surface area contributed by atoms with Crippen molar-refractivity contribution in [1.29, 1.82) is 0 Å². The van der Waals surface area contributed by atoms with E-state index in [4.69, 9.17) is 4.42 Å². The number of fused-ring (bicyclic) bond motifs is 3. The Morgan fingerprint density at radius 3 is 2.52 bits per heavy atom. The van der Waals surface area contributed by atoms with E-state index in [2.05, 4.69) is 75.0 Å². The van der Waals surface area contributed by atoms with Crippen LogP contribution in [0.3, 0.4) is 0 Å². The highest BCUT2D eigenvalue weighted by molar-refractivity contribution is 6.11. The summed E-state index contributed by atoms with van der Waals surface area (Å²) >= 11 is 0. The molecule has 0 N–H and O–H groups in total. The molecule has 0 unspecified atom stereocenters. The molecule has 0 aliphatic carbocycles. The van der Waals surface area contributed by atoms with Gasteiger partial charge in [0.2, 0.25) is 5.69 Å². The van der Waals surface area contributed by atoms with Gasteiger partial charge in [0.1, 0.15) is 18.2 Å². The highest BCUT2D eigenvalue weighted by Crippen LogP contribution is 2.39. The molecule has 0 saturated carbocycles. The normalized spacial score (nSPS) is 11.5. The summed E-state index contributed by atoms with van der Waals surface area (Å²) in [6.07, 6.45) is 2.08. The van der Waals surface area contributed by atoms with E-state index >= 15 is 0 Å². The van der Waals surface area contributed by atoms with Crippen molar-refractivity contribution < 1.29 is 8.98 Å². The molecule has 4 aromatic rings. The number of aromatic nitrogens is 1. The Bertz CT molecular complexity index is 1060. The second-order valence-corrected chi connectivity index (χ2v) is 6.39. The largest absolute Gasteiger partial charge is 0.455 e. The molecule has 2 heteroatoms. The van der Waals surface area contributed by atoms with Gasteiger partial charge in [-0.2, -0.15) is 0 Å². The van der Waals surface area contributed by atoms with Gasteiger partial charge < -0.3 is 4.42 Å². The molecule has 4 rings (SSSR count). The van der Waals surface area contributed by atoms with Gasteiger partial charge in [0.15, 0.2) is 6.20 Å². The standard InChI is InChI=1S/C21H20NO/c1-13-8-9-16-18(11-13)23-21-19(16)14(2)12-15(3)20(21)17-7-5-6-10-22(17)4/h5-12H,1-4H3/q+1. The van der Waals surface area contributed by atoms with E-state index in [1.165, 1.54) is 38.7 Å². The molecule has 0 fully saturated rings. The summed E-state index contributed by atoms with van der Waals surface area (Å²) < 4.78 is 8.47. The summed E-state index contributed by atoms with van der Waals surface area (Å²) in [6, 6.07) is 15.0. The summed E-state index contributed by atoms with van der Waals surface area (Å²) in [5.74, 6) is 0. The van der Waals surface area contributed by atoms with Crippen LogP contribution in [-0.4, -0.2) is 0 Å². The molecule has 2 aromatic carbocycles. The van der Waals surface area contributed by atoms with Crippen molar-refractivity contribution in [1.82, 2.24) is 0 Å². The lowest BCUT2D eigenvalue weighted by molar-refractivity contribution is -0.660. The van der Waals surface area contributed by atoms with E-state index in [1.54, 1.807) is 0 Å². The molecule has 2 aromatic heterocycles. The van der Waals surface area contributed by atoms with Crippen molar-refractivity contribution in [2.45, 2.75) is 20.8 Å². The summed E-state index contributed by atoms with van der Waals surface area (Å²) in [7, 11) is 2.08. The molecular formula is C21H20NO+. The fourth-order valence-corrected chi connectivity index (χ4v) is 3.52. The summed E-state index contributed by atoms with van der Waals surface area (Å²) in [5.41, 5.74) is 8.04. The zero-order valence-electron chi connectivity index (χ0n) is 14.0. The van der Waals surface area contributed by atoms with Crippen LogP contribution in [0.1, 0.15) is 16.7 Å². The topological polar surface area (TPSA) is 17.0 Å².